The molecule has 2 fully saturated rings. The average molecular weight is 342 g/mol. The Morgan fingerprint density at radius 1 is 1.12 bits per heavy atom. The van der Waals surface area contributed by atoms with Gasteiger partial charge in [0.2, 0.25) is 5.91 Å². The molecule has 2 amide bonds. The van der Waals surface area contributed by atoms with Gasteiger partial charge in [-0.15, -0.1) is 0 Å². The fourth-order valence-electron chi connectivity index (χ4n) is 2.99. The number of hydrogen-bond donors (Lipinski definition) is 2. The molecule has 1 saturated carbocycles. The van der Waals surface area contributed by atoms with Crippen LogP contribution in [0.1, 0.15) is 36.3 Å². The van der Waals surface area contributed by atoms with Crippen molar-refractivity contribution in [2.24, 2.45) is 5.92 Å². The van der Waals surface area contributed by atoms with Crippen LogP contribution in [0, 0.1) is 5.92 Å². The van der Waals surface area contributed by atoms with Crippen LogP contribution < -0.4 is 10.9 Å². The molecule has 1 saturated heterocycles. The smallest absolute Gasteiger partial charge is 0.368 e. The topological polar surface area (TPSA) is 67.4 Å². The third kappa shape index (κ3) is 3.53. The van der Waals surface area contributed by atoms with Crippen molar-refractivity contribution in [2.75, 3.05) is 6.61 Å². The normalized spacial score (nSPS) is 26.0. The number of hydrogen-bond acceptors (Lipinski definition) is 3. The Labute approximate surface area is 136 Å². The van der Waals surface area contributed by atoms with Crippen LogP contribution in [-0.2, 0) is 20.5 Å². The molecule has 3 atom stereocenters. The summed E-state index contributed by atoms with van der Waals surface area (Å²) in [4.78, 5) is 23.8. The van der Waals surface area contributed by atoms with Gasteiger partial charge in [0.15, 0.2) is 0 Å². The second kappa shape index (κ2) is 6.43. The van der Waals surface area contributed by atoms with Crippen LogP contribution in [0.15, 0.2) is 24.3 Å². The summed E-state index contributed by atoms with van der Waals surface area (Å²) in [5.41, 5.74) is 3.96. The fourth-order valence-corrected chi connectivity index (χ4v) is 2.99. The van der Waals surface area contributed by atoms with E-state index in [0.29, 0.717) is 19.4 Å². The first-order chi connectivity index (χ1) is 11.4. The lowest BCUT2D eigenvalue weighted by atomic mass is 10.0. The van der Waals surface area contributed by atoms with Crippen LogP contribution in [0.2, 0.25) is 0 Å². The standard InChI is InChI=1S/C16H17F3N2O3/c17-16(18,19)12-5-2-1-4-9(12)10-8-11(10)14(22)20-21-15(23)13-6-3-7-24-13/h1-2,4-5,10-11,13H,3,6-8H2,(H,20,22)(H,21,23)/t10-,11+,13-/m0/s1. The van der Waals surface area contributed by atoms with Gasteiger partial charge in [-0.05, 0) is 36.8 Å². The monoisotopic (exact) mass is 342 g/mol. The second-order valence-corrected chi connectivity index (χ2v) is 6.01. The minimum atomic E-state index is -4.45. The molecule has 0 unspecified atom stereocenters. The Morgan fingerprint density at radius 2 is 1.83 bits per heavy atom. The van der Waals surface area contributed by atoms with Crippen LogP contribution in [0.5, 0.6) is 0 Å². The van der Waals surface area contributed by atoms with E-state index >= 15 is 0 Å². The molecule has 1 aliphatic carbocycles. The summed E-state index contributed by atoms with van der Waals surface area (Å²) in [6.45, 7) is 0.505. The average Bonchev–Trinajstić information content (AvgIpc) is 3.16. The van der Waals surface area contributed by atoms with Crippen molar-refractivity contribution in [1.29, 1.82) is 0 Å². The number of halogens is 3. The predicted octanol–water partition coefficient (Wildman–Crippen LogP) is 2.14. The summed E-state index contributed by atoms with van der Waals surface area (Å²) in [7, 11) is 0. The molecule has 0 aromatic heterocycles. The van der Waals surface area contributed by atoms with Crippen molar-refractivity contribution >= 4 is 11.8 Å². The molecule has 0 spiro atoms. The fraction of sp³-hybridized carbons (Fsp3) is 0.500. The molecule has 1 aromatic carbocycles. The van der Waals surface area contributed by atoms with Crippen molar-refractivity contribution < 1.29 is 27.5 Å². The number of carbonyl (C=O) groups excluding carboxylic acids is 2. The maximum atomic E-state index is 13.0. The first-order valence-corrected chi connectivity index (χ1v) is 7.75. The first-order valence-electron chi connectivity index (χ1n) is 7.75. The van der Waals surface area contributed by atoms with Crippen LogP contribution in [0.25, 0.3) is 0 Å². The van der Waals surface area contributed by atoms with Gasteiger partial charge in [-0.1, -0.05) is 18.2 Å². The maximum Gasteiger partial charge on any atom is 0.416 e. The number of ether oxygens (including phenoxy) is 1. The van der Waals surface area contributed by atoms with Crippen LogP contribution >= 0.6 is 0 Å². The molecule has 1 heterocycles. The molecule has 2 aliphatic rings. The quantitative estimate of drug-likeness (QED) is 0.827. The second-order valence-electron chi connectivity index (χ2n) is 6.01. The summed E-state index contributed by atoms with van der Waals surface area (Å²) >= 11 is 0. The highest BCUT2D eigenvalue weighted by Gasteiger charge is 2.48. The van der Waals surface area contributed by atoms with Crippen molar-refractivity contribution in [3.8, 4) is 0 Å². The number of alkyl halides is 3. The van der Waals surface area contributed by atoms with Gasteiger partial charge in [-0.25, -0.2) is 0 Å². The number of rotatable bonds is 3. The molecule has 130 valence electrons. The highest BCUT2D eigenvalue weighted by atomic mass is 19.4. The molecule has 2 N–H and O–H groups in total. The van der Waals surface area contributed by atoms with Crippen LogP contribution in [0.4, 0.5) is 13.2 Å². The number of nitrogens with one attached hydrogen (secondary N) is 2. The van der Waals surface area contributed by atoms with Gasteiger partial charge in [0, 0.05) is 12.5 Å². The van der Waals surface area contributed by atoms with Crippen molar-refractivity contribution in [2.45, 2.75) is 37.5 Å². The number of benzene rings is 1. The van der Waals surface area contributed by atoms with Crippen molar-refractivity contribution in [3.05, 3.63) is 35.4 Å². The Kier molecular flexibility index (Phi) is 4.49. The van der Waals surface area contributed by atoms with Gasteiger partial charge >= 0.3 is 6.18 Å². The molecule has 5 nitrogen and oxygen atoms in total. The van der Waals surface area contributed by atoms with E-state index in [4.69, 9.17) is 4.74 Å². The summed E-state index contributed by atoms with van der Waals surface area (Å²) < 4.78 is 44.2. The predicted molar refractivity (Wildman–Crippen MR) is 77.6 cm³/mol. The van der Waals surface area contributed by atoms with E-state index in [1.165, 1.54) is 18.2 Å². The van der Waals surface area contributed by atoms with Gasteiger partial charge in [0.25, 0.3) is 5.91 Å². The van der Waals surface area contributed by atoms with E-state index < -0.39 is 41.5 Å². The summed E-state index contributed by atoms with van der Waals surface area (Å²) in [6, 6.07) is 5.26. The molecule has 24 heavy (non-hydrogen) atoms. The zero-order valence-corrected chi connectivity index (χ0v) is 12.7. The highest BCUT2D eigenvalue weighted by Crippen LogP contribution is 2.50. The molecule has 8 heteroatoms. The molecular weight excluding hydrogens is 325 g/mol. The Bertz CT molecular complexity index is 642. The van der Waals surface area contributed by atoms with Crippen LogP contribution in [-0.4, -0.2) is 24.5 Å². The summed E-state index contributed by atoms with van der Waals surface area (Å²) in [6.07, 6.45) is -3.33. The molecule has 0 bridgehead atoms. The van der Waals surface area contributed by atoms with Crippen LogP contribution in [0.3, 0.4) is 0 Å². The number of carbonyl (C=O) groups is 2. The minimum Gasteiger partial charge on any atom is -0.368 e. The summed E-state index contributed by atoms with van der Waals surface area (Å²) in [5.74, 6) is -1.97. The van der Waals surface area contributed by atoms with E-state index in [2.05, 4.69) is 10.9 Å². The summed E-state index contributed by atoms with van der Waals surface area (Å²) in [5, 5.41) is 0. The van der Waals surface area contributed by atoms with Crippen molar-refractivity contribution in [1.82, 2.24) is 10.9 Å². The Morgan fingerprint density at radius 3 is 2.50 bits per heavy atom. The van der Waals surface area contributed by atoms with E-state index in [1.54, 1.807) is 0 Å². The third-order valence-electron chi connectivity index (χ3n) is 4.32. The third-order valence-corrected chi connectivity index (χ3v) is 4.32. The maximum absolute atomic E-state index is 13.0. The zero-order chi connectivity index (χ0) is 17.3. The van der Waals surface area contributed by atoms with E-state index in [0.717, 1.165) is 12.5 Å². The Balaban J connectivity index is 1.57. The molecule has 1 aliphatic heterocycles. The lowest BCUT2D eigenvalue weighted by Crippen LogP contribution is -2.47. The Hall–Kier alpha value is -2.09. The van der Waals surface area contributed by atoms with E-state index in [-0.39, 0.29) is 5.56 Å². The number of hydrazine groups is 1. The van der Waals surface area contributed by atoms with Gasteiger partial charge in [-0.2, -0.15) is 13.2 Å². The number of amides is 2. The first kappa shape index (κ1) is 16.8. The van der Waals surface area contributed by atoms with E-state index in [9.17, 15) is 22.8 Å². The van der Waals surface area contributed by atoms with Gasteiger partial charge < -0.3 is 4.74 Å². The van der Waals surface area contributed by atoms with Gasteiger partial charge in [-0.3, -0.25) is 20.4 Å². The van der Waals surface area contributed by atoms with Gasteiger partial charge in [0.1, 0.15) is 6.10 Å². The SMILES string of the molecule is O=C(NNC(=O)[C@@H]1C[C@H]1c1ccccc1C(F)(F)F)[C@@H]1CCCO1. The zero-order valence-electron chi connectivity index (χ0n) is 12.7. The molecule has 0 radical (unpaired) electrons. The largest absolute Gasteiger partial charge is 0.416 e. The van der Waals surface area contributed by atoms with Gasteiger partial charge in [0.05, 0.1) is 5.56 Å². The minimum absolute atomic E-state index is 0.121. The molecule has 3 rings (SSSR count). The lowest BCUT2D eigenvalue weighted by Gasteiger charge is -2.13. The van der Waals surface area contributed by atoms with E-state index in [1.807, 2.05) is 0 Å². The highest BCUT2D eigenvalue weighted by molar-refractivity contribution is 5.87. The molecular formula is C16H17F3N2O3. The van der Waals surface area contributed by atoms with Crippen molar-refractivity contribution in [3.63, 3.8) is 0 Å². The lowest BCUT2D eigenvalue weighted by molar-refractivity contribution is -0.138. The molecule has 1 aromatic rings.